The Hall–Kier alpha value is -3.35. The van der Waals surface area contributed by atoms with Crippen molar-refractivity contribution < 1.29 is 14.3 Å². The van der Waals surface area contributed by atoms with E-state index in [4.69, 9.17) is 9.47 Å². The molecule has 0 radical (unpaired) electrons. The summed E-state index contributed by atoms with van der Waals surface area (Å²) in [5.41, 5.74) is 2.03. The second-order valence-electron chi connectivity index (χ2n) is 6.95. The predicted molar refractivity (Wildman–Crippen MR) is 104 cm³/mol. The van der Waals surface area contributed by atoms with E-state index in [0.717, 1.165) is 17.0 Å². The zero-order valence-electron chi connectivity index (χ0n) is 15.8. The highest BCUT2D eigenvalue weighted by Gasteiger charge is 2.23. The number of amides is 1. The number of hydrogen-bond acceptors (Lipinski definition) is 5. The van der Waals surface area contributed by atoms with E-state index in [1.807, 2.05) is 48.5 Å². The van der Waals surface area contributed by atoms with Crippen LogP contribution in [0.5, 0.6) is 11.5 Å². The van der Waals surface area contributed by atoms with Crippen molar-refractivity contribution in [2.75, 3.05) is 13.2 Å². The second-order valence-corrected chi connectivity index (χ2v) is 6.95. The topological polar surface area (TPSA) is 78.3 Å². The molecule has 0 spiro atoms. The Morgan fingerprint density at radius 2 is 1.82 bits per heavy atom. The fraction of sp³-hybridized carbons (Fsp3) is 0.286. The second kappa shape index (κ2) is 7.72. The fourth-order valence-electron chi connectivity index (χ4n) is 3.16. The van der Waals surface area contributed by atoms with Crippen LogP contribution in [0.4, 0.5) is 0 Å². The molecule has 1 atom stereocenters. The summed E-state index contributed by atoms with van der Waals surface area (Å²) in [6.07, 6.45) is 1.48. The molecule has 2 heterocycles. The molecule has 0 fully saturated rings. The quantitative estimate of drug-likeness (QED) is 0.738. The van der Waals surface area contributed by atoms with Crippen LogP contribution in [-0.2, 0) is 0 Å². The third-order valence-corrected chi connectivity index (χ3v) is 4.59. The number of rotatable bonds is 5. The minimum atomic E-state index is -0.268. The normalized spacial score (nSPS) is 14.0. The van der Waals surface area contributed by atoms with Crippen molar-refractivity contribution >= 4 is 5.91 Å². The molecule has 0 unspecified atom stereocenters. The molecule has 144 valence electrons. The highest BCUT2D eigenvalue weighted by molar-refractivity contribution is 5.92. The SMILES string of the molecule is CC(C)[C@@H](NC(=O)c1cnn(-c2ccccc2)n1)c1ccc2c(c1)OCCO2. The van der Waals surface area contributed by atoms with E-state index in [1.54, 1.807) is 0 Å². The smallest absolute Gasteiger partial charge is 0.273 e. The highest BCUT2D eigenvalue weighted by Crippen LogP contribution is 2.34. The Balaban J connectivity index is 1.54. The summed E-state index contributed by atoms with van der Waals surface area (Å²) in [5.74, 6) is 1.35. The molecule has 7 heteroatoms. The van der Waals surface area contributed by atoms with E-state index in [1.165, 1.54) is 11.0 Å². The lowest BCUT2D eigenvalue weighted by Gasteiger charge is -2.25. The van der Waals surface area contributed by atoms with Gasteiger partial charge in [-0.2, -0.15) is 9.90 Å². The first-order chi connectivity index (χ1) is 13.6. The van der Waals surface area contributed by atoms with Gasteiger partial charge in [0, 0.05) is 0 Å². The molecule has 1 aromatic heterocycles. The van der Waals surface area contributed by atoms with Crippen molar-refractivity contribution in [2.45, 2.75) is 19.9 Å². The average molecular weight is 378 g/mol. The van der Waals surface area contributed by atoms with Crippen LogP contribution in [0.1, 0.15) is 35.9 Å². The predicted octanol–water partition coefficient (Wildman–Crippen LogP) is 3.17. The van der Waals surface area contributed by atoms with Gasteiger partial charge in [0.2, 0.25) is 0 Å². The molecule has 3 aromatic rings. The van der Waals surface area contributed by atoms with Gasteiger partial charge >= 0.3 is 0 Å². The average Bonchev–Trinajstić information content (AvgIpc) is 3.22. The number of aromatic nitrogens is 3. The maximum atomic E-state index is 12.8. The molecule has 1 amide bonds. The Bertz CT molecular complexity index is 969. The Labute approximate surface area is 163 Å². The summed E-state index contributed by atoms with van der Waals surface area (Å²) in [7, 11) is 0. The zero-order valence-corrected chi connectivity index (χ0v) is 15.8. The number of benzene rings is 2. The summed E-state index contributed by atoms with van der Waals surface area (Å²) in [5, 5.41) is 11.6. The number of fused-ring (bicyclic) bond motifs is 1. The highest BCUT2D eigenvalue weighted by atomic mass is 16.6. The third kappa shape index (κ3) is 3.69. The van der Waals surface area contributed by atoms with Gasteiger partial charge in [-0.05, 0) is 35.7 Å². The molecule has 0 bridgehead atoms. The van der Waals surface area contributed by atoms with Gasteiger partial charge in [0.05, 0.1) is 17.9 Å². The summed E-state index contributed by atoms with van der Waals surface area (Å²) in [6.45, 7) is 5.19. The molecule has 4 rings (SSSR count). The van der Waals surface area contributed by atoms with Crippen LogP contribution in [0, 0.1) is 5.92 Å². The van der Waals surface area contributed by atoms with Crippen LogP contribution in [-0.4, -0.2) is 34.1 Å². The van der Waals surface area contributed by atoms with E-state index in [0.29, 0.717) is 19.0 Å². The number of nitrogens with zero attached hydrogens (tertiary/aromatic N) is 3. The van der Waals surface area contributed by atoms with E-state index in [2.05, 4.69) is 29.4 Å². The molecule has 0 saturated heterocycles. The Morgan fingerprint density at radius 3 is 2.57 bits per heavy atom. The molecule has 1 aliphatic heterocycles. The minimum absolute atomic E-state index is 0.177. The van der Waals surface area contributed by atoms with Gasteiger partial charge in [0.15, 0.2) is 17.2 Å². The van der Waals surface area contributed by atoms with Crippen molar-refractivity contribution in [3.8, 4) is 17.2 Å². The van der Waals surface area contributed by atoms with Crippen molar-refractivity contribution in [2.24, 2.45) is 5.92 Å². The fourth-order valence-corrected chi connectivity index (χ4v) is 3.16. The molecule has 7 nitrogen and oxygen atoms in total. The van der Waals surface area contributed by atoms with Gasteiger partial charge in [0.1, 0.15) is 13.2 Å². The van der Waals surface area contributed by atoms with E-state index in [9.17, 15) is 4.79 Å². The van der Waals surface area contributed by atoms with Crippen LogP contribution in [0.2, 0.25) is 0 Å². The van der Waals surface area contributed by atoms with Gasteiger partial charge in [-0.25, -0.2) is 0 Å². The summed E-state index contributed by atoms with van der Waals surface area (Å²) in [6, 6.07) is 15.1. The largest absolute Gasteiger partial charge is 0.486 e. The number of para-hydroxylation sites is 1. The molecular weight excluding hydrogens is 356 g/mol. The van der Waals surface area contributed by atoms with E-state index >= 15 is 0 Å². The maximum absolute atomic E-state index is 12.8. The van der Waals surface area contributed by atoms with Crippen molar-refractivity contribution in [3.05, 3.63) is 66.0 Å². The molecule has 1 N–H and O–H groups in total. The van der Waals surface area contributed by atoms with Crippen molar-refractivity contribution in [3.63, 3.8) is 0 Å². The van der Waals surface area contributed by atoms with Crippen LogP contribution < -0.4 is 14.8 Å². The number of hydrogen-bond donors (Lipinski definition) is 1. The lowest BCUT2D eigenvalue weighted by atomic mass is 9.95. The van der Waals surface area contributed by atoms with Crippen LogP contribution in [0.15, 0.2) is 54.7 Å². The molecule has 0 saturated carbocycles. The first-order valence-corrected chi connectivity index (χ1v) is 9.30. The summed E-state index contributed by atoms with van der Waals surface area (Å²) >= 11 is 0. The van der Waals surface area contributed by atoms with Crippen LogP contribution in [0.3, 0.4) is 0 Å². The standard InChI is InChI=1S/C21H22N4O3/c1-14(2)20(15-8-9-18-19(12-15)28-11-10-27-18)23-21(26)17-13-22-25(24-17)16-6-4-3-5-7-16/h3-9,12-14,20H,10-11H2,1-2H3,(H,23,26)/t20-/m1/s1. The van der Waals surface area contributed by atoms with Crippen molar-refractivity contribution in [1.29, 1.82) is 0 Å². The number of carbonyl (C=O) groups excluding carboxylic acids is 1. The summed E-state index contributed by atoms with van der Waals surface area (Å²) < 4.78 is 11.3. The first kappa shape index (κ1) is 18.0. The molecule has 2 aromatic carbocycles. The zero-order chi connectivity index (χ0) is 19.5. The first-order valence-electron chi connectivity index (χ1n) is 9.30. The van der Waals surface area contributed by atoms with E-state index in [-0.39, 0.29) is 23.6 Å². The molecular formula is C21H22N4O3. The van der Waals surface area contributed by atoms with Gasteiger partial charge in [0.25, 0.3) is 5.91 Å². The number of carbonyl (C=O) groups is 1. The minimum Gasteiger partial charge on any atom is -0.486 e. The van der Waals surface area contributed by atoms with Crippen molar-refractivity contribution in [1.82, 2.24) is 20.3 Å². The number of nitrogens with one attached hydrogen (secondary N) is 1. The van der Waals surface area contributed by atoms with Crippen LogP contribution in [0.25, 0.3) is 5.69 Å². The Kier molecular flexibility index (Phi) is 4.97. The maximum Gasteiger partial charge on any atom is 0.273 e. The monoisotopic (exact) mass is 378 g/mol. The lowest BCUT2D eigenvalue weighted by molar-refractivity contribution is 0.0919. The van der Waals surface area contributed by atoms with Crippen LogP contribution >= 0.6 is 0 Å². The molecule has 28 heavy (non-hydrogen) atoms. The molecule has 1 aliphatic rings. The van der Waals surface area contributed by atoms with E-state index < -0.39 is 0 Å². The Morgan fingerprint density at radius 1 is 1.07 bits per heavy atom. The van der Waals surface area contributed by atoms with Gasteiger partial charge in [-0.1, -0.05) is 38.1 Å². The lowest BCUT2D eigenvalue weighted by Crippen LogP contribution is -2.32. The third-order valence-electron chi connectivity index (χ3n) is 4.59. The van der Waals surface area contributed by atoms with Gasteiger partial charge in [-0.3, -0.25) is 4.79 Å². The number of ether oxygens (including phenoxy) is 2. The molecule has 0 aliphatic carbocycles. The van der Waals surface area contributed by atoms with Gasteiger partial charge in [-0.15, -0.1) is 5.10 Å². The van der Waals surface area contributed by atoms with Gasteiger partial charge < -0.3 is 14.8 Å². The summed E-state index contributed by atoms with van der Waals surface area (Å²) in [4.78, 5) is 14.2.